The smallest absolute Gasteiger partial charge is 0.320 e. The fourth-order valence-corrected chi connectivity index (χ4v) is 3.32. The third-order valence-corrected chi connectivity index (χ3v) is 3.99. The number of likely N-dealkylation sites (tertiary alicyclic amines) is 1. The summed E-state index contributed by atoms with van der Waals surface area (Å²) >= 11 is 0. The molecule has 0 radical (unpaired) electrons. The number of rotatable bonds is 3. The van der Waals surface area contributed by atoms with Gasteiger partial charge in [0.05, 0.1) is 0 Å². The molecule has 2 aliphatic rings. The molecule has 1 heterocycles. The molecule has 2 rings (SSSR count). The number of nitrogens with zero attached hydrogens (tertiary/aromatic N) is 1. The van der Waals surface area contributed by atoms with Gasteiger partial charge in [-0.05, 0) is 37.5 Å². The van der Waals surface area contributed by atoms with Crippen LogP contribution in [-0.4, -0.2) is 35.1 Å². The van der Waals surface area contributed by atoms with Crippen LogP contribution < -0.4 is 0 Å². The van der Waals surface area contributed by atoms with E-state index in [-0.39, 0.29) is 6.04 Å². The molecule has 1 aliphatic carbocycles. The fourth-order valence-electron chi connectivity index (χ4n) is 3.32. The second-order valence-electron chi connectivity index (χ2n) is 5.11. The van der Waals surface area contributed by atoms with Crippen molar-refractivity contribution in [2.75, 3.05) is 13.1 Å². The van der Waals surface area contributed by atoms with Gasteiger partial charge in [0.15, 0.2) is 0 Å². The van der Waals surface area contributed by atoms with Crippen molar-refractivity contribution in [2.45, 2.75) is 45.1 Å². The first kappa shape index (κ1) is 10.9. The molecule has 3 nitrogen and oxygen atoms in total. The Morgan fingerprint density at radius 3 is 2.47 bits per heavy atom. The zero-order chi connectivity index (χ0) is 10.8. The predicted octanol–water partition coefficient (Wildman–Crippen LogP) is 1.97. The van der Waals surface area contributed by atoms with Crippen molar-refractivity contribution in [1.29, 1.82) is 0 Å². The van der Waals surface area contributed by atoms with Crippen molar-refractivity contribution in [1.82, 2.24) is 4.90 Å². The lowest BCUT2D eigenvalue weighted by Gasteiger charge is -2.43. The average Bonchev–Trinajstić information content (AvgIpc) is 2.17. The summed E-state index contributed by atoms with van der Waals surface area (Å²) in [4.78, 5) is 13.3. The maximum Gasteiger partial charge on any atom is 0.320 e. The molecule has 1 aliphatic heterocycles. The Kier molecular flexibility index (Phi) is 3.29. The largest absolute Gasteiger partial charge is 0.480 e. The van der Waals surface area contributed by atoms with Crippen LogP contribution in [0.3, 0.4) is 0 Å². The molecule has 0 aromatic heterocycles. The van der Waals surface area contributed by atoms with Gasteiger partial charge in [0.2, 0.25) is 0 Å². The molecular formula is C12H21NO2. The summed E-state index contributed by atoms with van der Waals surface area (Å²) in [5, 5.41) is 9.15. The van der Waals surface area contributed by atoms with Gasteiger partial charge in [0, 0.05) is 13.1 Å². The van der Waals surface area contributed by atoms with Crippen LogP contribution in [0.25, 0.3) is 0 Å². The summed E-state index contributed by atoms with van der Waals surface area (Å²) in [7, 11) is 0. The highest BCUT2D eigenvalue weighted by atomic mass is 16.4. The van der Waals surface area contributed by atoms with Crippen molar-refractivity contribution in [3.8, 4) is 0 Å². The van der Waals surface area contributed by atoms with Crippen LogP contribution >= 0.6 is 0 Å². The molecule has 1 N–H and O–H groups in total. The number of carboxylic acid groups (broad SMARTS) is 1. The Morgan fingerprint density at radius 2 is 2.00 bits per heavy atom. The fraction of sp³-hybridized carbons (Fsp3) is 0.917. The quantitative estimate of drug-likeness (QED) is 0.776. The molecule has 0 aromatic carbocycles. The van der Waals surface area contributed by atoms with E-state index in [0.29, 0.717) is 0 Å². The van der Waals surface area contributed by atoms with Crippen LogP contribution in [0.5, 0.6) is 0 Å². The molecule has 0 amide bonds. The Hall–Kier alpha value is -0.570. The maximum absolute atomic E-state index is 11.1. The SMILES string of the molecule is CCC(C(=O)O)N1CC2CCCC(C2)C1. The van der Waals surface area contributed by atoms with Crippen molar-refractivity contribution < 1.29 is 9.90 Å². The minimum atomic E-state index is -0.641. The van der Waals surface area contributed by atoms with E-state index in [9.17, 15) is 4.79 Å². The molecule has 1 saturated heterocycles. The van der Waals surface area contributed by atoms with Gasteiger partial charge >= 0.3 is 5.97 Å². The number of carbonyl (C=O) groups is 1. The minimum absolute atomic E-state index is 0.242. The van der Waals surface area contributed by atoms with Crippen LogP contribution in [0.4, 0.5) is 0 Å². The molecule has 0 aromatic rings. The predicted molar refractivity (Wildman–Crippen MR) is 58.7 cm³/mol. The maximum atomic E-state index is 11.1. The summed E-state index contributed by atoms with van der Waals surface area (Å²) in [6.45, 7) is 4.01. The van der Waals surface area contributed by atoms with Crippen LogP contribution in [-0.2, 0) is 4.79 Å². The van der Waals surface area contributed by atoms with Gasteiger partial charge in [-0.15, -0.1) is 0 Å². The molecular weight excluding hydrogens is 190 g/mol. The minimum Gasteiger partial charge on any atom is -0.480 e. The average molecular weight is 211 g/mol. The van der Waals surface area contributed by atoms with Crippen molar-refractivity contribution in [3.63, 3.8) is 0 Å². The number of piperidine rings is 1. The Morgan fingerprint density at radius 1 is 1.40 bits per heavy atom. The van der Waals surface area contributed by atoms with Crippen LogP contribution in [0.2, 0.25) is 0 Å². The lowest BCUT2D eigenvalue weighted by Crippen LogP contribution is -2.50. The lowest BCUT2D eigenvalue weighted by atomic mass is 9.77. The third-order valence-electron chi connectivity index (χ3n) is 3.99. The first-order chi connectivity index (χ1) is 7.20. The zero-order valence-corrected chi connectivity index (χ0v) is 9.48. The van der Waals surface area contributed by atoms with Gasteiger partial charge in [-0.2, -0.15) is 0 Å². The van der Waals surface area contributed by atoms with E-state index in [4.69, 9.17) is 5.11 Å². The first-order valence-electron chi connectivity index (χ1n) is 6.17. The Labute approximate surface area is 91.5 Å². The molecule has 2 bridgehead atoms. The summed E-state index contributed by atoms with van der Waals surface area (Å²) < 4.78 is 0. The van der Waals surface area contributed by atoms with Gasteiger partial charge in [-0.3, -0.25) is 9.69 Å². The molecule has 15 heavy (non-hydrogen) atoms. The highest BCUT2D eigenvalue weighted by Gasteiger charge is 2.35. The van der Waals surface area contributed by atoms with E-state index in [0.717, 1.165) is 31.3 Å². The van der Waals surface area contributed by atoms with Crippen LogP contribution in [0, 0.1) is 11.8 Å². The first-order valence-corrected chi connectivity index (χ1v) is 6.17. The Balaban J connectivity index is 2.00. The van der Waals surface area contributed by atoms with Gasteiger partial charge in [-0.1, -0.05) is 13.3 Å². The summed E-state index contributed by atoms with van der Waals surface area (Å²) in [6, 6.07) is -0.242. The number of fused-ring (bicyclic) bond motifs is 2. The monoisotopic (exact) mass is 211 g/mol. The van der Waals surface area contributed by atoms with E-state index in [1.807, 2.05) is 6.92 Å². The molecule has 3 atom stereocenters. The van der Waals surface area contributed by atoms with E-state index >= 15 is 0 Å². The molecule has 3 heteroatoms. The van der Waals surface area contributed by atoms with Gasteiger partial charge in [0.25, 0.3) is 0 Å². The second kappa shape index (κ2) is 4.52. The second-order valence-corrected chi connectivity index (χ2v) is 5.11. The summed E-state index contributed by atoms with van der Waals surface area (Å²) in [5.74, 6) is 0.897. The van der Waals surface area contributed by atoms with Crippen molar-refractivity contribution >= 4 is 5.97 Å². The van der Waals surface area contributed by atoms with Gasteiger partial charge in [0.1, 0.15) is 6.04 Å². The van der Waals surface area contributed by atoms with E-state index in [1.165, 1.54) is 25.7 Å². The highest BCUT2D eigenvalue weighted by molar-refractivity contribution is 5.73. The molecule has 1 saturated carbocycles. The van der Waals surface area contributed by atoms with Crippen LogP contribution in [0.1, 0.15) is 39.0 Å². The van der Waals surface area contributed by atoms with E-state index < -0.39 is 5.97 Å². The van der Waals surface area contributed by atoms with Gasteiger partial charge < -0.3 is 5.11 Å². The lowest BCUT2D eigenvalue weighted by molar-refractivity contribution is -0.145. The van der Waals surface area contributed by atoms with Gasteiger partial charge in [-0.25, -0.2) is 0 Å². The topological polar surface area (TPSA) is 40.5 Å². The van der Waals surface area contributed by atoms with Crippen LogP contribution in [0.15, 0.2) is 0 Å². The summed E-state index contributed by atoms with van der Waals surface area (Å²) in [6.07, 6.45) is 6.04. The normalized spacial score (nSPS) is 33.7. The number of hydrogen-bond acceptors (Lipinski definition) is 2. The molecule has 86 valence electrons. The van der Waals surface area contributed by atoms with E-state index in [1.54, 1.807) is 0 Å². The zero-order valence-electron chi connectivity index (χ0n) is 9.48. The number of hydrogen-bond donors (Lipinski definition) is 1. The van der Waals surface area contributed by atoms with Crippen molar-refractivity contribution in [3.05, 3.63) is 0 Å². The van der Waals surface area contributed by atoms with Crippen molar-refractivity contribution in [2.24, 2.45) is 11.8 Å². The Bertz CT molecular complexity index is 230. The number of aliphatic carboxylic acids is 1. The standard InChI is InChI=1S/C12H21NO2/c1-2-11(12(14)15)13-7-9-4-3-5-10(6-9)8-13/h9-11H,2-8H2,1H3,(H,14,15). The molecule has 2 fully saturated rings. The third kappa shape index (κ3) is 2.33. The highest BCUT2D eigenvalue weighted by Crippen LogP contribution is 2.35. The molecule has 0 spiro atoms. The van der Waals surface area contributed by atoms with E-state index in [2.05, 4.69) is 4.90 Å². The summed E-state index contributed by atoms with van der Waals surface area (Å²) in [5.41, 5.74) is 0. The number of carboxylic acids is 1. The molecule has 3 unspecified atom stereocenters.